The number of piperidine rings is 1. The van der Waals surface area contributed by atoms with Crippen molar-refractivity contribution in [1.29, 1.82) is 0 Å². The van der Waals surface area contributed by atoms with Crippen LogP contribution in [0.15, 0.2) is 30.3 Å². The highest BCUT2D eigenvalue weighted by atomic mass is 19.1. The SMILES string of the molecule is CC1CN(C(=O)CC=Cc2ccc(F)cc2)CCC1C(=O)O. The Morgan fingerprint density at radius 3 is 2.64 bits per heavy atom. The van der Waals surface area contributed by atoms with Crippen molar-refractivity contribution in [3.05, 3.63) is 41.7 Å². The van der Waals surface area contributed by atoms with Crippen LogP contribution in [0.5, 0.6) is 0 Å². The Hall–Kier alpha value is -2.17. The summed E-state index contributed by atoms with van der Waals surface area (Å²) in [4.78, 5) is 24.9. The maximum absolute atomic E-state index is 12.8. The highest BCUT2D eigenvalue weighted by Crippen LogP contribution is 2.24. The molecule has 1 fully saturated rings. The quantitative estimate of drug-likeness (QED) is 0.930. The van der Waals surface area contributed by atoms with Crippen LogP contribution in [0.3, 0.4) is 0 Å². The maximum atomic E-state index is 12.8. The van der Waals surface area contributed by atoms with E-state index in [2.05, 4.69) is 0 Å². The molecule has 0 saturated carbocycles. The predicted molar refractivity (Wildman–Crippen MR) is 81.5 cm³/mol. The predicted octanol–water partition coefficient (Wildman–Crippen LogP) is 2.80. The normalized spacial score (nSPS) is 22.0. The Labute approximate surface area is 129 Å². The Bertz CT molecular complexity index is 568. The molecular weight excluding hydrogens is 285 g/mol. The van der Waals surface area contributed by atoms with Crippen molar-refractivity contribution in [1.82, 2.24) is 4.90 Å². The van der Waals surface area contributed by atoms with Gasteiger partial charge in [0, 0.05) is 19.5 Å². The lowest BCUT2D eigenvalue weighted by atomic mass is 9.87. The van der Waals surface area contributed by atoms with E-state index in [9.17, 15) is 14.0 Å². The van der Waals surface area contributed by atoms with Gasteiger partial charge in [0.2, 0.25) is 5.91 Å². The van der Waals surface area contributed by atoms with E-state index in [-0.39, 0.29) is 30.0 Å². The first-order valence-corrected chi connectivity index (χ1v) is 7.40. The Kier molecular flexibility index (Phi) is 5.31. The first-order valence-electron chi connectivity index (χ1n) is 7.40. The highest BCUT2D eigenvalue weighted by Gasteiger charge is 2.32. The molecule has 0 aliphatic carbocycles. The molecule has 2 unspecified atom stereocenters. The number of benzene rings is 1. The van der Waals surface area contributed by atoms with Gasteiger partial charge in [0.1, 0.15) is 5.82 Å². The highest BCUT2D eigenvalue weighted by molar-refractivity contribution is 5.79. The van der Waals surface area contributed by atoms with E-state index < -0.39 is 5.97 Å². The third kappa shape index (κ3) is 4.16. The van der Waals surface area contributed by atoms with Gasteiger partial charge >= 0.3 is 5.97 Å². The minimum atomic E-state index is -0.782. The van der Waals surface area contributed by atoms with Crippen LogP contribution in [0.2, 0.25) is 0 Å². The zero-order valence-electron chi connectivity index (χ0n) is 12.5. The second-order valence-electron chi connectivity index (χ2n) is 5.71. The number of hydrogen-bond donors (Lipinski definition) is 1. The van der Waals surface area contributed by atoms with Crippen molar-refractivity contribution < 1.29 is 19.1 Å². The van der Waals surface area contributed by atoms with E-state index in [1.54, 1.807) is 29.2 Å². The van der Waals surface area contributed by atoms with Crippen LogP contribution in [-0.4, -0.2) is 35.0 Å². The fraction of sp³-hybridized carbons (Fsp3) is 0.412. The van der Waals surface area contributed by atoms with Gasteiger partial charge in [-0.3, -0.25) is 9.59 Å². The zero-order chi connectivity index (χ0) is 16.1. The molecular formula is C17H20FNO3. The zero-order valence-corrected chi connectivity index (χ0v) is 12.5. The maximum Gasteiger partial charge on any atom is 0.306 e. The van der Waals surface area contributed by atoms with Crippen molar-refractivity contribution in [2.75, 3.05) is 13.1 Å². The molecule has 118 valence electrons. The van der Waals surface area contributed by atoms with E-state index in [0.29, 0.717) is 19.5 Å². The van der Waals surface area contributed by atoms with Crippen molar-refractivity contribution in [3.8, 4) is 0 Å². The standard InChI is InChI=1S/C17H20FNO3/c1-12-11-19(10-9-15(12)17(21)22)16(20)4-2-3-13-5-7-14(18)8-6-13/h2-3,5-8,12,15H,4,9-11H2,1H3,(H,21,22). The van der Waals surface area contributed by atoms with Crippen LogP contribution >= 0.6 is 0 Å². The molecule has 5 heteroatoms. The third-order valence-electron chi connectivity index (χ3n) is 4.05. The fourth-order valence-electron chi connectivity index (χ4n) is 2.74. The molecule has 1 aromatic carbocycles. The van der Waals surface area contributed by atoms with Gasteiger partial charge in [-0.25, -0.2) is 4.39 Å². The number of nitrogens with zero attached hydrogens (tertiary/aromatic N) is 1. The van der Waals surface area contributed by atoms with Crippen molar-refractivity contribution in [2.45, 2.75) is 19.8 Å². The van der Waals surface area contributed by atoms with Crippen LogP contribution in [0, 0.1) is 17.7 Å². The molecule has 2 atom stereocenters. The third-order valence-corrected chi connectivity index (χ3v) is 4.05. The molecule has 1 amide bonds. The molecule has 2 rings (SSSR count). The summed E-state index contributed by atoms with van der Waals surface area (Å²) < 4.78 is 12.8. The second kappa shape index (κ2) is 7.20. The van der Waals surface area contributed by atoms with Gasteiger partial charge in [-0.1, -0.05) is 31.2 Å². The number of halogens is 1. The Balaban J connectivity index is 1.85. The van der Waals surface area contributed by atoms with Crippen molar-refractivity contribution in [3.63, 3.8) is 0 Å². The van der Waals surface area contributed by atoms with E-state index in [0.717, 1.165) is 5.56 Å². The van der Waals surface area contributed by atoms with E-state index in [1.807, 2.05) is 6.92 Å². The molecule has 0 bridgehead atoms. The average molecular weight is 305 g/mol. The first kappa shape index (κ1) is 16.2. The minimum Gasteiger partial charge on any atom is -0.481 e. The molecule has 1 heterocycles. The summed E-state index contributed by atoms with van der Waals surface area (Å²) in [5, 5.41) is 9.08. The van der Waals surface area contributed by atoms with Gasteiger partial charge in [0.05, 0.1) is 5.92 Å². The van der Waals surface area contributed by atoms with Gasteiger partial charge in [0.15, 0.2) is 0 Å². The molecule has 22 heavy (non-hydrogen) atoms. The van der Waals surface area contributed by atoms with Crippen LogP contribution < -0.4 is 0 Å². The van der Waals surface area contributed by atoms with Gasteiger partial charge in [0.25, 0.3) is 0 Å². The molecule has 4 nitrogen and oxygen atoms in total. The van der Waals surface area contributed by atoms with Crippen LogP contribution in [0.1, 0.15) is 25.3 Å². The monoisotopic (exact) mass is 305 g/mol. The lowest BCUT2D eigenvalue weighted by Crippen LogP contribution is -2.44. The topological polar surface area (TPSA) is 57.6 Å². The summed E-state index contributed by atoms with van der Waals surface area (Å²) in [6.45, 7) is 2.84. The summed E-state index contributed by atoms with van der Waals surface area (Å²) in [6.07, 6.45) is 4.31. The fourth-order valence-corrected chi connectivity index (χ4v) is 2.74. The molecule has 1 saturated heterocycles. The molecule has 0 aromatic heterocycles. The van der Waals surface area contributed by atoms with Gasteiger partial charge < -0.3 is 10.0 Å². The van der Waals surface area contributed by atoms with Gasteiger partial charge in [-0.2, -0.15) is 0 Å². The summed E-state index contributed by atoms with van der Waals surface area (Å²) in [5.41, 5.74) is 0.840. The van der Waals surface area contributed by atoms with Crippen molar-refractivity contribution in [2.24, 2.45) is 11.8 Å². The first-order chi connectivity index (χ1) is 10.5. The summed E-state index contributed by atoms with van der Waals surface area (Å²) in [7, 11) is 0. The van der Waals surface area contributed by atoms with E-state index in [1.165, 1.54) is 12.1 Å². The average Bonchev–Trinajstić information content (AvgIpc) is 2.48. The number of carbonyl (C=O) groups excluding carboxylic acids is 1. The second-order valence-corrected chi connectivity index (χ2v) is 5.71. The van der Waals surface area contributed by atoms with Crippen molar-refractivity contribution >= 4 is 18.0 Å². The van der Waals surface area contributed by atoms with Crippen LogP contribution in [0.4, 0.5) is 4.39 Å². The molecule has 1 aliphatic heterocycles. The number of carbonyl (C=O) groups is 2. The van der Waals surface area contributed by atoms with E-state index in [4.69, 9.17) is 5.11 Å². The number of amides is 1. The molecule has 1 aliphatic rings. The van der Waals surface area contributed by atoms with Crippen LogP contribution in [-0.2, 0) is 9.59 Å². The largest absolute Gasteiger partial charge is 0.481 e. The molecule has 1 N–H and O–H groups in total. The molecule has 0 radical (unpaired) electrons. The number of likely N-dealkylation sites (tertiary alicyclic amines) is 1. The Morgan fingerprint density at radius 2 is 2.05 bits per heavy atom. The summed E-state index contributed by atoms with van der Waals surface area (Å²) in [6, 6.07) is 6.05. The smallest absolute Gasteiger partial charge is 0.306 e. The number of aliphatic carboxylic acids is 1. The van der Waals surface area contributed by atoms with Gasteiger partial charge in [-0.05, 0) is 30.0 Å². The number of hydrogen-bond acceptors (Lipinski definition) is 2. The lowest BCUT2D eigenvalue weighted by Gasteiger charge is -2.34. The number of carboxylic acids is 1. The van der Waals surface area contributed by atoms with Gasteiger partial charge in [-0.15, -0.1) is 0 Å². The summed E-state index contributed by atoms with van der Waals surface area (Å²) in [5.74, 6) is -1.47. The van der Waals surface area contributed by atoms with E-state index >= 15 is 0 Å². The minimum absolute atomic E-state index is 0.00551. The number of rotatable bonds is 4. The lowest BCUT2D eigenvalue weighted by molar-refractivity contribution is -0.148. The van der Waals surface area contributed by atoms with Crippen LogP contribution in [0.25, 0.3) is 6.08 Å². The summed E-state index contributed by atoms with van der Waals surface area (Å²) >= 11 is 0. The Morgan fingerprint density at radius 1 is 1.36 bits per heavy atom. The molecule has 0 spiro atoms. The molecule has 1 aromatic rings. The number of carboxylic acid groups (broad SMARTS) is 1.